The lowest BCUT2D eigenvalue weighted by Gasteiger charge is -2.27. The molecule has 2 aromatic heterocycles. The standard InChI is InChI=1S/C23H22N4O3S/c1-15-18-5-3-4-6-19(18)31-20(15)14-26(2)21(29)8-7-16-11-17-13-27(9-10-28)23(30)25-22(17)24-12-16/h3-8,10-12H,9,13-14H2,1-2H3,(H,24,25,30)/b8-7+. The third kappa shape index (κ3) is 4.34. The maximum absolute atomic E-state index is 12.6. The van der Waals surface area contributed by atoms with E-state index < -0.39 is 0 Å². The minimum Gasteiger partial charge on any atom is -0.337 e. The molecule has 0 spiro atoms. The predicted molar refractivity (Wildman–Crippen MR) is 122 cm³/mol. The van der Waals surface area contributed by atoms with Crippen LogP contribution in [0.3, 0.4) is 0 Å². The van der Waals surface area contributed by atoms with Crippen molar-refractivity contribution in [2.75, 3.05) is 18.9 Å². The van der Waals surface area contributed by atoms with E-state index in [0.29, 0.717) is 25.2 Å². The van der Waals surface area contributed by atoms with E-state index in [1.807, 2.05) is 18.2 Å². The van der Waals surface area contributed by atoms with E-state index in [0.717, 1.165) is 11.1 Å². The van der Waals surface area contributed by atoms with E-state index in [1.165, 1.54) is 31.5 Å². The number of likely N-dealkylation sites (N-methyl/N-ethyl adjacent to an activating group) is 1. The van der Waals surface area contributed by atoms with Gasteiger partial charge in [-0.3, -0.25) is 10.1 Å². The average molecular weight is 435 g/mol. The lowest BCUT2D eigenvalue weighted by Crippen LogP contribution is -2.40. The molecule has 3 aromatic rings. The van der Waals surface area contributed by atoms with Crippen molar-refractivity contribution in [3.63, 3.8) is 0 Å². The maximum Gasteiger partial charge on any atom is 0.323 e. The summed E-state index contributed by atoms with van der Waals surface area (Å²) in [6.07, 6.45) is 5.53. The monoisotopic (exact) mass is 434 g/mol. The summed E-state index contributed by atoms with van der Waals surface area (Å²) in [7, 11) is 1.79. The van der Waals surface area contributed by atoms with Gasteiger partial charge in [0.25, 0.3) is 0 Å². The smallest absolute Gasteiger partial charge is 0.323 e. The van der Waals surface area contributed by atoms with Crippen molar-refractivity contribution >= 4 is 51.5 Å². The van der Waals surface area contributed by atoms with Crippen LogP contribution in [0.2, 0.25) is 0 Å². The number of aldehydes is 1. The number of nitrogens with one attached hydrogen (secondary N) is 1. The first-order valence-corrected chi connectivity index (χ1v) is 10.7. The van der Waals surface area contributed by atoms with Gasteiger partial charge in [0.05, 0.1) is 19.6 Å². The third-order valence-electron chi connectivity index (χ3n) is 5.27. The predicted octanol–water partition coefficient (Wildman–Crippen LogP) is 3.82. The van der Waals surface area contributed by atoms with E-state index in [2.05, 4.69) is 29.4 Å². The summed E-state index contributed by atoms with van der Waals surface area (Å²) >= 11 is 1.71. The van der Waals surface area contributed by atoms with Crippen LogP contribution in [0.5, 0.6) is 0 Å². The Morgan fingerprint density at radius 1 is 1.35 bits per heavy atom. The van der Waals surface area contributed by atoms with Crippen LogP contribution in [-0.2, 0) is 22.7 Å². The van der Waals surface area contributed by atoms with Crippen LogP contribution in [0.15, 0.2) is 42.6 Å². The highest BCUT2D eigenvalue weighted by atomic mass is 32.1. The Kier molecular flexibility index (Phi) is 5.81. The van der Waals surface area contributed by atoms with E-state index in [1.54, 1.807) is 35.6 Å². The Balaban J connectivity index is 1.45. The van der Waals surface area contributed by atoms with Crippen molar-refractivity contribution < 1.29 is 14.4 Å². The zero-order valence-electron chi connectivity index (χ0n) is 17.3. The number of hydrogen-bond donors (Lipinski definition) is 1. The molecule has 0 bridgehead atoms. The Labute approximate surface area is 184 Å². The lowest BCUT2D eigenvalue weighted by molar-refractivity contribution is -0.125. The molecule has 7 nitrogen and oxygen atoms in total. The Hall–Kier alpha value is -3.52. The molecule has 0 aliphatic carbocycles. The van der Waals surface area contributed by atoms with Crippen LogP contribution in [0, 0.1) is 6.92 Å². The molecule has 4 rings (SSSR count). The van der Waals surface area contributed by atoms with Crippen molar-refractivity contribution in [2.45, 2.75) is 20.0 Å². The molecule has 0 saturated heterocycles. The summed E-state index contributed by atoms with van der Waals surface area (Å²) in [5, 5.41) is 3.90. The molecular weight excluding hydrogens is 412 g/mol. The number of rotatable bonds is 6. The van der Waals surface area contributed by atoms with Gasteiger partial charge in [0.1, 0.15) is 12.1 Å². The number of carbonyl (C=O) groups is 3. The van der Waals surface area contributed by atoms with Gasteiger partial charge in [0.2, 0.25) is 5.91 Å². The summed E-state index contributed by atoms with van der Waals surface area (Å²) in [6, 6.07) is 9.77. The number of carbonyl (C=O) groups excluding carboxylic acids is 3. The first-order valence-electron chi connectivity index (χ1n) is 9.85. The maximum atomic E-state index is 12.6. The van der Waals surface area contributed by atoms with Crippen LogP contribution in [0.4, 0.5) is 10.6 Å². The molecule has 1 aliphatic rings. The number of thiophene rings is 1. The molecule has 31 heavy (non-hydrogen) atoms. The Morgan fingerprint density at radius 2 is 2.16 bits per heavy atom. The van der Waals surface area contributed by atoms with Gasteiger partial charge in [-0.05, 0) is 41.6 Å². The number of nitrogens with zero attached hydrogens (tertiary/aromatic N) is 3. The minimum atomic E-state index is -0.344. The van der Waals surface area contributed by atoms with E-state index in [4.69, 9.17) is 0 Å². The number of aromatic nitrogens is 1. The second-order valence-electron chi connectivity index (χ2n) is 7.43. The lowest BCUT2D eigenvalue weighted by atomic mass is 10.1. The second-order valence-corrected chi connectivity index (χ2v) is 8.56. The summed E-state index contributed by atoms with van der Waals surface area (Å²) in [6.45, 7) is 2.96. The van der Waals surface area contributed by atoms with Crippen LogP contribution in [0.25, 0.3) is 16.2 Å². The molecule has 0 radical (unpaired) electrons. The number of benzene rings is 1. The normalized spacial score (nSPS) is 13.4. The molecule has 158 valence electrons. The highest BCUT2D eigenvalue weighted by Crippen LogP contribution is 2.31. The fourth-order valence-electron chi connectivity index (χ4n) is 3.51. The first-order chi connectivity index (χ1) is 15.0. The highest BCUT2D eigenvalue weighted by molar-refractivity contribution is 7.19. The number of anilines is 1. The molecule has 0 unspecified atom stereocenters. The van der Waals surface area contributed by atoms with Crippen molar-refractivity contribution in [2.24, 2.45) is 0 Å². The van der Waals surface area contributed by atoms with Crippen molar-refractivity contribution in [3.05, 3.63) is 64.2 Å². The highest BCUT2D eigenvalue weighted by Gasteiger charge is 2.23. The summed E-state index contributed by atoms with van der Waals surface area (Å²) in [4.78, 5) is 43.8. The zero-order valence-corrected chi connectivity index (χ0v) is 18.1. The summed E-state index contributed by atoms with van der Waals surface area (Å²) in [5.41, 5.74) is 2.76. The average Bonchev–Trinajstić information content (AvgIpc) is 3.08. The van der Waals surface area contributed by atoms with Gasteiger partial charge in [-0.15, -0.1) is 11.3 Å². The Morgan fingerprint density at radius 3 is 2.94 bits per heavy atom. The van der Waals surface area contributed by atoms with Crippen molar-refractivity contribution in [3.8, 4) is 0 Å². The van der Waals surface area contributed by atoms with Crippen LogP contribution in [-0.4, -0.2) is 46.6 Å². The summed E-state index contributed by atoms with van der Waals surface area (Å²) < 4.78 is 1.22. The number of hydrogen-bond acceptors (Lipinski definition) is 5. The Bertz CT molecular complexity index is 1200. The molecule has 3 amide bonds. The molecular formula is C23H22N4O3S. The summed E-state index contributed by atoms with van der Waals surface area (Å²) in [5.74, 6) is 0.374. The molecule has 1 aliphatic heterocycles. The van der Waals surface area contributed by atoms with Gasteiger partial charge in [-0.25, -0.2) is 9.78 Å². The second kappa shape index (κ2) is 8.69. The van der Waals surface area contributed by atoms with Gasteiger partial charge in [-0.2, -0.15) is 0 Å². The number of fused-ring (bicyclic) bond motifs is 2. The van der Waals surface area contributed by atoms with Gasteiger partial charge < -0.3 is 14.6 Å². The van der Waals surface area contributed by atoms with Crippen LogP contribution >= 0.6 is 11.3 Å². The van der Waals surface area contributed by atoms with Crippen molar-refractivity contribution in [1.29, 1.82) is 0 Å². The number of amides is 3. The van der Waals surface area contributed by atoms with Crippen LogP contribution < -0.4 is 5.32 Å². The molecule has 8 heteroatoms. The fourth-order valence-corrected chi connectivity index (χ4v) is 4.78. The SMILES string of the molecule is Cc1c(CN(C)C(=O)/C=C/c2cnc3c(c2)CN(CC=O)C(=O)N3)sc2ccccc12. The van der Waals surface area contributed by atoms with E-state index in [9.17, 15) is 14.4 Å². The van der Waals surface area contributed by atoms with E-state index >= 15 is 0 Å². The largest absolute Gasteiger partial charge is 0.337 e. The van der Waals surface area contributed by atoms with E-state index in [-0.39, 0.29) is 18.5 Å². The molecule has 0 atom stereocenters. The van der Waals surface area contributed by atoms with Gasteiger partial charge in [0, 0.05) is 34.5 Å². The molecule has 0 saturated carbocycles. The van der Waals surface area contributed by atoms with Gasteiger partial charge in [-0.1, -0.05) is 18.2 Å². The third-order valence-corrected chi connectivity index (χ3v) is 6.53. The van der Waals surface area contributed by atoms with Crippen LogP contribution in [0.1, 0.15) is 21.6 Å². The topological polar surface area (TPSA) is 82.6 Å². The number of aryl methyl sites for hydroxylation is 1. The number of urea groups is 1. The fraction of sp³-hybridized carbons (Fsp3) is 0.217. The molecule has 0 fully saturated rings. The molecule has 1 aromatic carbocycles. The zero-order chi connectivity index (χ0) is 22.0. The van der Waals surface area contributed by atoms with Gasteiger partial charge >= 0.3 is 6.03 Å². The minimum absolute atomic E-state index is 0.0196. The first kappa shape index (κ1) is 20.7. The number of pyridine rings is 1. The van der Waals surface area contributed by atoms with Gasteiger partial charge in [0.15, 0.2) is 0 Å². The molecule has 1 N–H and O–H groups in total. The molecule has 3 heterocycles. The quantitative estimate of drug-likeness (QED) is 0.472. The van der Waals surface area contributed by atoms with Crippen molar-refractivity contribution in [1.82, 2.24) is 14.8 Å².